The third-order valence-corrected chi connectivity index (χ3v) is 9.94. The summed E-state index contributed by atoms with van der Waals surface area (Å²) in [5, 5.41) is 9.64. The predicted octanol–water partition coefficient (Wildman–Crippen LogP) is 3.46. The monoisotopic (exact) mass is 570 g/mol. The zero-order valence-electron chi connectivity index (χ0n) is 25.0. The first-order valence-electron chi connectivity index (χ1n) is 15.3. The molecule has 0 N–H and O–H groups in total. The van der Waals surface area contributed by atoms with Crippen LogP contribution in [0.3, 0.4) is 0 Å². The Bertz CT molecular complexity index is 1390. The molecule has 1 spiro atoms. The van der Waals surface area contributed by atoms with Crippen LogP contribution in [0.4, 0.5) is 5.82 Å². The number of methoxy groups -OCH3 is 1. The van der Waals surface area contributed by atoms with Gasteiger partial charge in [-0.15, -0.1) is 0 Å². The van der Waals surface area contributed by atoms with Gasteiger partial charge in [-0.3, -0.25) is 4.79 Å². The highest BCUT2D eigenvalue weighted by Crippen LogP contribution is 2.48. The minimum Gasteiger partial charge on any atom is -0.462 e. The fourth-order valence-electron chi connectivity index (χ4n) is 7.60. The SMILES string of the molecule is C=C(COC)C(=O)N1CCN(c2nc(OC[C@@H]3CCCN3C)nc3c2CCC2(CCc4ccccc42)C3)C[C@@H]1CC#N. The Morgan fingerprint density at radius 3 is 2.79 bits per heavy atom. The smallest absolute Gasteiger partial charge is 0.318 e. The largest absolute Gasteiger partial charge is 0.462 e. The van der Waals surface area contributed by atoms with Crippen molar-refractivity contribution in [3.63, 3.8) is 0 Å². The van der Waals surface area contributed by atoms with Gasteiger partial charge < -0.3 is 24.2 Å². The molecule has 1 aromatic carbocycles. The normalized spacial score (nSPS) is 25.3. The maximum absolute atomic E-state index is 13.2. The zero-order valence-corrected chi connectivity index (χ0v) is 25.0. The standard InChI is InChI=1S/C33H42N6O3/c1-23(21-41-3)31(40)39-18-17-38(20-25(39)12-15-34)30-27-11-14-33(13-10-24-7-4-5-9-28(24)33)19-29(27)35-32(36-30)42-22-26-8-6-16-37(26)2/h4-5,7,9,25-26H,1,6,8,10-14,16-22H2,2-3H3/t25-,26-,33?/m0/s1. The van der Waals surface area contributed by atoms with Crippen LogP contribution in [-0.2, 0) is 34.2 Å². The van der Waals surface area contributed by atoms with Crippen molar-refractivity contribution in [2.75, 3.05) is 58.5 Å². The van der Waals surface area contributed by atoms with Gasteiger partial charge in [0.25, 0.3) is 5.91 Å². The van der Waals surface area contributed by atoms with Crippen LogP contribution in [0, 0.1) is 11.3 Å². The number of nitrogens with zero attached hydrogens (tertiary/aromatic N) is 6. The highest BCUT2D eigenvalue weighted by Gasteiger charge is 2.43. The number of likely N-dealkylation sites (N-methyl/N-ethyl adjacent to an activating group) is 1. The minimum atomic E-state index is -0.261. The molecule has 0 radical (unpaired) electrons. The Hall–Kier alpha value is -3.48. The third-order valence-electron chi connectivity index (χ3n) is 9.94. The minimum absolute atomic E-state index is 0.105. The van der Waals surface area contributed by atoms with E-state index >= 15 is 0 Å². The van der Waals surface area contributed by atoms with Crippen LogP contribution in [0.1, 0.15) is 54.5 Å². The number of piperazine rings is 1. The predicted molar refractivity (Wildman–Crippen MR) is 161 cm³/mol. The molecular formula is C33H42N6O3. The number of carbonyl (C=O) groups excluding carboxylic acids is 1. The van der Waals surface area contributed by atoms with Crippen molar-refractivity contribution in [1.29, 1.82) is 5.26 Å². The van der Waals surface area contributed by atoms with Crippen molar-refractivity contribution in [3.8, 4) is 12.1 Å². The van der Waals surface area contributed by atoms with Gasteiger partial charge in [-0.2, -0.15) is 15.2 Å². The maximum atomic E-state index is 13.2. The molecule has 2 aliphatic carbocycles. The van der Waals surface area contributed by atoms with Gasteiger partial charge in [-0.1, -0.05) is 30.8 Å². The number of anilines is 1. The van der Waals surface area contributed by atoms with Crippen LogP contribution < -0.4 is 9.64 Å². The number of rotatable bonds is 8. The second kappa shape index (κ2) is 12.0. The topological polar surface area (TPSA) is 94.8 Å². The lowest BCUT2D eigenvalue weighted by molar-refractivity contribution is -0.130. The van der Waals surface area contributed by atoms with E-state index in [2.05, 4.69) is 53.8 Å². The highest BCUT2D eigenvalue weighted by molar-refractivity contribution is 5.93. The van der Waals surface area contributed by atoms with E-state index < -0.39 is 0 Å². The Morgan fingerprint density at radius 2 is 2.00 bits per heavy atom. The van der Waals surface area contributed by atoms with Gasteiger partial charge in [0.2, 0.25) is 0 Å². The van der Waals surface area contributed by atoms with Crippen molar-refractivity contribution in [3.05, 3.63) is 58.8 Å². The summed E-state index contributed by atoms with van der Waals surface area (Å²) in [6, 6.07) is 11.7. The molecule has 0 saturated carbocycles. The Kier molecular flexibility index (Phi) is 8.19. The lowest BCUT2D eigenvalue weighted by Crippen LogP contribution is -2.56. The van der Waals surface area contributed by atoms with Gasteiger partial charge in [0.05, 0.1) is 30.8 Å². The van der Waals surface area contributed by atoms with Crippen LogP contribution in [0.5, 0.6) is 6.01 Å². The number of aromatic nitrogens is 2. The molecule has 1 amide bonds. The Morgan fingerprint density at radius 1 is 1.17 bits per heavy atom. The maximum Gasteiger partial charge on any atom is 0.318 e. The van der Waals surface area contributed by atoms with Crippen molar-refractivity contribution in [1.82, 2.24) is 19.8 Å². The molecule has 9 nitrogen and oxygen atoms in total. The number of likely N-dealkylation sites (tertiary alicyclic amines) is 1. The average Bonchev–Trinajstić information content (AvgIpc) is 3.58. The third kappa shape index (κ3) is 5.38. The summed E-state index contributed by atoms with van der Waals surface area (Å²) in [5.74, 6) is 0.759. The molecule has 4 aliphatic rings. The number of aryl methyl sites for hydroxylation is 1. The van der Waals surface area contributed by atoms with Crippen LogP contribution in [0.2, 0.25) is 0 Å². The fourth-order valence-corrected chi connectivity index (χ4v) is 7.60. The quantitative estimate of drug-likeness (QED) is 0.446. The van der Waals surface area contributed by atoms with Crippen molar-refractivity contribution in [2.45, 2.75) is 68.9 Å². The molecule has 0 bridgehead atoms. The lowest BCUT2D eigenvalue weighted by Gasteiger charge is -2.43. The molecule has 3 atom stereocenters. The molecule has 9 heteroatoms. The summed E-state index contributed by atoms with van der Waals surface area (Å²) in [5.41, 5.74) is 5.72. The molecule has 1 unspecified atom stereocenters. The summed E-state index contributed by atoms with van der Waals surface area (Å²) < 4.78 is 11.5. The summed E-state index contributed by atoms with van der Waals surface area (Å²) in [6.07, 6.45) is 7.65. The molecule has 2 fully saturated rings. The molecule has 2 aliphatic heterocycles. The fraction of sp³-hybridized carbons (Fsp3) is 0.576. The number of nitriles is 1. The van der Waals surface area contributed by atoms with Gasteiger partial charge in [-0.05, 0) is 69.7 Å². The number of hydrogen-bond donors (Lipinski definition) is 0. The number of amides is 1. The summed E-state index contributed by atoms with van der Waals surface area (Å²) in [4.78, 5) is 29.6. The Balaban J connectivity index is 1.31. The van der Waals surface area contributed by atoms with E-state index in [-0.39, 0.29) is 30.4 Å². The first-order chi connectivity index (χ1) is 20.4. The molecule has 2 aromatic rings. The second-order valence-electron chi connectivity index (χ2n) is 12.5. The first kappa shape index (κ1) is 28.6. The van der Waals surface area contributed by atoms with Crippen LogP contribution in [0.15, 0.2) is 36.4 Å². The van der Waals surface area contributed by atoms with Crippen molar-refractivity contribution < 1.29 is 14.3 Å². The summed E-state index contributed by atoms with van der Waals surface area (Å²) >= 11 is 0. The second-order valence-corrected chi connectivity index (χ2v) is 12.5. The number of hydrogen-bond acceptors (Lipinski definition) is 8. The average molecular weight is 571 g/mol. The van der Waals surface area contributed by atoms with E-state index in [1.54, 1.807) is 12.0 Å². The van der Waals surface area contributed by atoms with Gasteiger partial charge in [-0.25, -0.2) is 0 Å². The van der Waals surface area contributed by atoms with Crippen molar-refractivity contribution in [2.24, 2.45) is 0 Å². The van der Waals surface area contributed by atoms with Crippen molar-refractivity contribution >= 4 is 11.7 Å². The van der Waals surface area contributed by atoms with Crippen LogP contribution in [-0.4, -0.2) is 91.3 Å². The summed E-state index contributed by atoms with van der Waals surface area (Å²) in [7, 11) is 3.71. The molecule has 222 valence electrons. The first-order valence-corrected chi connectivity index (χ1v) is 15.3. The van der Waals surface area contributed by atoms with Crippen LogP contribution in [0.25, 0.3) is 0 Å². The Labute approximate surface area is 249 Å². The zero-order chi connectivity index (χ0) is 29.3. The lowest BCUT2D eigenvalue weighted by atomic mass is 9.69. The molecule has 42 heavy (non-hydrogen) atoms. The van der Waals surface area contributed by atoms with Gasteiger partial charge >= 0.3 is 6.01 Å². The molecule has 3 heterocycles. The molecule has 2 saturated heterocycles. The molecular weight excluding hydrogens is 528 g/mol. The van der Waals surface area contributed by atoms with E-state index in [0.717, 1.165) is 56.6 Å². The van der Waals surface area contributed by atoms with Gasteiger partial charge in [0.1, 0.15) is 12.4 Å². The molecule has 1 aromatic heterocycles. The van der Waals surface area contributed by atoms with Gasteiger partial charge in [0.15, 0.2) is 0 Å². The number of ether oxygens (including phenoxy) is 2. The van der Waals surface area contributed by atoms with E-state index in [1.165, 1.54) is 23.1 Å². The van der Waals surface area contributed by atoms with Gasteiger partial charge in [0, 0.05) is 49.3 Å². The van der Waals surface area contributed by atoms with E-state index in [1.807, 2.05) is 0 Å². The number of benzene rings is 1. The highest BCUT2D eigenvalue weighted by atomic mass is 16.5. The number of fused-ring (bicyclic) bond motifs is 3. The van der Waals surface area contributed by atoms with E-state index in [0.29, 0.717) is 43.9 Å². The van der Waals surface area contributed by atoms with Crippen LogP contribution >= 0.6 is 0 Å². The van der Waals surface area contributed by atoms with E-state index in [4.69, 9.17) is 19.4 Å². The molecule has 6 rings (SSSR count). The summed E-state index contributed by atoms with van der Waals surface area (Å²) in [6.45, 7) is 7.40. The van der Waals surface area contributed by atoms with E-state index in [9.17, 15) is 10.1 Å². The number of carbonyl (C=O) groups is 1.